The van der Waals surface area contributed by atoms with Gasteiger partial charge in [-0.3, -0.25) is 0 Å². The van der Waals surface area contributed by atoms with E-state index in [-0.39, 0.29) is 18.1 Å². The van der Waals surface area contributed by atoms with Crippen LogP contribution in [0, 0.1) is 25.6 Å². The van der Waals surface area contributed by atoms with Crippen LogP contribution in [0.5, 0.6) is 0 Å². The van der Waals surface area contributed by atoms with Gasteiger partial charge in [0.25, 0.3) is 0 Å². The number of esters is 1. The summed E-state index contributed by atoms with van der Waals surface area (Å²) in [5.41, 5.74) is 4.66. The van der Waals surface area contributed by atoms with E-state index in [1.165, 1.54) is 6.07 Å². The van der Waals surface area contributed by atoms with Crippen molar-refractivity contribution in [2.75, 3.05) is 13.2 Å². The van der Waals surface area contributed by atoms with Gasteiger partial charge >= 0.3 is 5.97 Å². The van der Waals surface area contributed by atoms with Gasteiger partial charge in [-0.2, -0.15) is 5.10 Å². The van der Waals surface area contributed by atoms with Crippen molar-refractivity contribution in [3.05, 3.63) is 59.3 Å². The van der Waals surface area contributed by atoms with Crippen molar-refractivity contribution in [1.29, 1.82) is 0 Å². The van der Waals surface area contributed by atoms with Crippen LogP contribution in [0.4, 0.5) is 4.39 Å². The Balaban J connectivity index is 1.77. The number of carbonyl (C=O) groups excluding carboxylic acids is 1. The number of imidazole rings is 1. The standard InChI is InChI=1S/C30H39FN4O3Si/c1-19(2)17-38-30(36)23-13-25(20(3)26(31)14-23)22-9-10-24-27(15-22)35(18-37-11-12-39(6,7)8)33-29(24)28-16-32-21(4)34(28)5/h9-10,13-16,19H,11-12,17-18H2,1-8H3. The molecular formula is C30H39FN4O3Si. The van der Waals surface area contributed by atoms with E-state index in [1.54, 1.807) is 13.0 Å². The number of hydrogen-bond acceptors (Lipinski definition) is 5. The van der Waals surface area contributed by atoms with E-state index >= 15 is 0 Å². The zero-order valence-corrected chi connectivity index (χ0v) is 25.3. The Morgan fingerprint density at radius 1 is 1.13 bits per heavy atom. The van der Waals surface area contributed by atoms with Gasteiger partial charge in [0.2, 0.25) is 0 Å². The van der Waals surface area contributed by atoms with Gasteiger partial charge in [-0.15, -0.1) is 0 Å². The minimum absolute atomic E-state index is 0.191. The minimum atomic E-state index is -1.23. The molecule has 4 aromatic rings. The Labute approximate surface area is 231 Å². The highest BCUT2D eigenvalue weighted by Crippen LogP contribution is 2.34. The van der Waals surface area contributed by atoms with Gasteiger partial charge in [0.15, 0.2) is 0 Å². The summed E-state index contributed by atoms with van der Waals surface area (Å²) in [7, 11) is 0.737. The van der Waals surface area contributed by atoms with Crippen molar-refractivity contribution in [3.8, 4) is 22.5 Å². The van der Waals surface area contributed by atoms with E-state index in [4.69, 9.17) is 14.6 Å². The number of rotatable bonds is 10. The average molecular weight is 551 g/mol. The average Bonchev–Trinajstić information content (AvgIpc) is 3.39. The Kier molecular flexibility index (Phi) is 8.41. The highest BCUT2D eigenvalue weighted by atomic mass is 28.3. The lowest BCUT2D eigenvalue weighted by Gasteiger charge is -2.15. The Morgan fingerprint density at radius 3 is 2.51 bits per heavy atom. The molecule has 0 atom stereocenters. The summed E-state index contributed by atoms with van der Waals surface area (Å²) >= 11 is 0. The van der Waals surface area contributed by atoms with Gasteiger partial charge in [0.05, 0.1) is 29.6 Å². The predicted molar refractivity (Wildman–Crippen MR) is 156 cm³/mol. The summed E-state index contributed by atoms with van der Waals surface area (Å²) in [4.78, 5) is 17.1. The highest BCUT2D eigenvalue weighted by Gasteiger charge is 2.20. The molecule has 0 aliphatic rings. The Bertz CT molecular complexity index is 1500. The smallest absolute Gasteiger partial charge is 0.338 e. The Morgan fingerprint density at radius 2 is 1.87 bits per heavy atom. The van der Waals surface area contributed by atoms with Crippen LogP contribution in [0.1, 0.15) is 35.6 Å². The van der Waals surface area contributed by atoms with Crippen molar-refractivity contribution in [2.24, 2.45) is 13.0 Å². The van der Waals surface area contributed by atoms with Crippen molar-refractivity contribution >= 4 is 24.9 Å². The highest BCUT2D eigenvalue weighted by molar-refractivity contribution is 6.76. The van der Waals surface area contributed by atoms with Crippen molar-refractivity contribution in [2.45, 2.75) is 60.1 Å². The summed E-state index contributed by atoms with van der Waals surface area (Å²) in [6.07, 6.45) is 1.83. The molecule has 2 heterocycles. The summed E-state index contributed by atoms with van der Waals surface area (Å²) in [6.45, 7) is 15.8. The normalized spacial score (nSPS) is 12.1. The molecule has 2 aromatic carbocycles. The second-order valence-corrected chi connectivity index (χ2v) is 17.4. The maximum absolute atomic E-state index is 15.0. The fourth-order valence-corrected chi connectivity index (χ4v) is 5.06. The van der Waals surface area contributed by atoms with E-state index in [9.17, 15) is 9.18 Å². The molecule has 0 saturated heterocycles. The third kappa shape index (κ3) is 6.47. The number of carbonyl (C=O) groups is 1. The zero-order valence-electron chi connectivity index (χ0n) is 24.3. The molecule has 0 radical (unpaired) electrons. The van der Waals surface area contributed by atoms with E-state index in [2.05, 4.69) is 24.6 Å². The Hall–Kier alpha value is -3.30. The van der Waals surface area contributed by atoms with Crippen LogP contribution in [0.2, 0.25) is 25.7 Å². The van der Waals surface area contributed by atoms with Gasteiger partial charge in [0.1, 0.15) is 24.1 Å². The number of nitrogens with zero attached hydrogens (tertiary/aromatic N) is 4. The largest absolute Gasteiger partial charge is 0.462 e. The van der Waals surface area contributed by atoms with Crippen LogP contribution >= 0.6 is 0 Å². The number of fused-ring (bicyclic) bond motifs is 1. The lowest BCUT2D eigenvalue weighted by molar-refractivity contribution is 0.0458. The quantitative estimate of drug-likeness (QED) is 0.121. The van der Waals surface area contributed by atoms with Crippen molar-refractivity contribution < 1.29 is 18.7 Å². The fraction of sp³-hybridized carbons (Fsp3) is 0.433. The molecule has 0 unspecified atom stereocenters. The SMILES string of the molecule is Cc1c(F)cc(C(=O)OCC(C)C)cc1-c1ccc2c(-c3cnc(C)n3C)nn(COCC[Si](C)(C)C)c2c1. The van der Waals surface area contributed by atoms with Crippen molar-refractivity contribution in [1.82, 2.24) is 19.3 Å². The molecule has 4 rings (SSSR count). The van der Waals surface area contributed by atoms with Gasteiger partial charge in [-0.05, 0) is 66.8 Å². The maximum Gasteiger partial charge on any atom is 0.338 e. The summed E-state index contributed by atoms with van der Waals surface area (Å²) < 4.78 is 30.3. The topological polar surface area (TPSA) is 71.2 Å². The monoisotopic (exact) mass is 550 g/mol. The van der Waals surface area contributed by atoms with E-state index in [0.29, 0.717) is 24.5 Å². The van der Waals surface area contributed by atoms with Gasteiger partial charge in [-0.25, -0.2) is 18.9 Å². The van der Waals surface area contributed by atoms with Gasteiger partial charge < -0.3 is 14.0 Å². The van der Waals surface area contributed by atoms with Crippen LogP contribution in [0.15, 0.2) is 36.5 Å². The third-order valence-electron chi connectivity index (χ3n) is 6.86. The second-order valence-electron chi connectivity index (χ2n) is 11.8. The number of benzene rings is 2. The first kappa shape index (κ1) is 28.7. The molecule has 0 spiro atoms. The third-order valence-corrected chi connectivity index (χ3v) is 8.57. The van der Waals surface area contributed by atoms with Crippen LogP contribution in [-0.2, 0) is 23.3 Å². The first-order chi connectivity index (χ1) is 18.4. The van der Waals surface area contributed by atoms with E-state index in [1.807, 2.05) is 61.5 Å². The predicted octanol–water partition coefficient (Wildman–Crippen LogP) is 6.98. The van der Waals surface area contributed by atoms with Crippen molar-refractivity contribution in [3.63, 3.8) is 0 Å². The second kappa shape index (κ2) is 11.4. The first-order valence-electron chi connectivity index (χ1n) is 13.4. The van der Waals surface area contributed by atoms with Crippen LogP contribution in [0.3, 0.4) is 0 Å². The summed E-state index contributed by atoms with van der Waals surface area (Å²) in [5, 5.41) is 5.87. The molecule has 208 valence electrons. The molecule has 0 N–H and O–H groups in total. The molecular weight excluding hydrogens is 511 g/mol. The lowest BCUT2D eigenvalue weighted by Crippen LogP contribution is -2.22. The number of hydrogen-bond donors (Lipinski definition) is 0. The molecule has 39 heavy (non-hydrogen) atoms. The van der Waals surface area contributed by atoms with Gasteiger partial charge in [0, 0.05) is 27.1 Å². The molecule has 0 aliphatic heterocycles. The van der Waals surface area contributed by atoms with Crippen LogP contribution < -0.4 is 0 Å². The number of aromatic nitrogens is 4. The maximum atomic E-state index is 15.0. The molecule has 0 fully saturated rings. The van der Waals surface area contributed by atoms with Crippen LogP contribution in [0.25, 0.3) is 33.4 Å². The molecule has 0 bridgehead atoms. The minimum Gasteiger partial charge on any atom is -0.462 e. The van der Waals surface area contributed by atoms with Gasteiger partial charge in [-0.1, -0.05) is 39.6 Å². The molecule has 0 saturated carbocycles. The van der Waals surface area contributed by atoms with E-state index in [0.717, 1.165) is 39.7 Å². The summed E-state index contributed by atoms with van der Waals surface area (Å²) in [5.74, 6) is 0.109. The number of aryl methyl sites for hydroxylation is 1. The lowest BCUT2D eigenvalue weighted by atomic mass is 9.96. The first-order valence-corrected chi connectivity index (χ1v) is 17.1. The zero-order chi connectivity index (χ0) is 28.5. The molecule has 0 aliphatic carbocycles. The molecule has 7 nitrogen and oxygen atoms in total. The molecule has 9 heteroatoms. The molecule has 2 aromatic heterocycles. The number of ether oxygens (including phenoxy) is 2. The fourth-order valence-electron chi connectivity index (χ4n) is 4.30. The number of halogens is 1. The summed E-state index contributed by atoms with van der Waals surface area (Å²) in [6, 6.07) is 9.94. The molecule has 0 amide bonds. The van der Waals surface area contributed by atoms with Crippen LogP contribution in [-0.4, -0.2) is 46.6 Å². The van der Waals surface area contributed by atoms with E-state index < -0.39 is 19.9 Å².